The largest absolute Gasteiger partial charge is 0.507 e. The molecule has 30 heavy (non-hydrogen) atoms. The number of aliphatic hydroxyl groups excluding tert-OH is 1. The second-order valence-electron chi connectivity index (χ2n) is 7.08. The van der Waals surface area contributed by atoms with Crippen LogP contribution in [-0.4, -0.2) is 52.8 Å². The molecular formula is C23H24Cl2N2O3. The Balaban J connectivity index is 2.09. The fourth-order valence-corrected chi connectivity index (χ4v) is 4.00. The van der Waals surface area contributed by atoms with Crippen molar-refractivity contribution in [3.63, 3.8) is 0 Å². The lowest BCUT2D eigenvalue weighted by Gasteiger charge is -2.28. The van der Waals surface area contributed by atoms with Crippen molar-refractivity contribution in [1.29, 1.82) is 0 Å². The van der Waals surface area contributed by atoms with Crippen LogP contribution in [0.2, 0.25) is 10.0 Å². The maximum atomic E-state index is 13.0. The summed E-state index contributed by atoms with van der Waals surface area (Å²) in [6.07, 6.45) is 0. The van der Waals surface area contributed by atoms with Crippen molar-refractivity contribution in [2.24, 2.45) is 0 Å². The fraction of sp³-hybridized carbons (Fsp3) is 0.304. The van der Waals surface area contributed by atoms with E-state index in [0.29, 0.717) is 34.3 Å². The summed E-state index contributed by atoms with van der Waals surface area (Å²) < 4.78 is 0. The van der Waals surface area contributed by atoms with Gasteiger partial charge >= 0.3 is 0 Å². The van der Waals surface area contributed by atoms with Crippen LogP contribution in [0.5, 0.6) is 0 Å². The molecule has 2 aromatic rings. The lowest BCUT2D eigenvalue weighted by Crippen LogP contribution is -2.38. The van der Waals surface area contributed by atoms with E-state index in [-0.39, 0.29) is 11.3 Å². The third-order valence-electron chi connectivity index (χ3n) is 5.38. The van der Waals surface area contributed by atoms with Gasteiger partial charge in [-0.2, -0.15) is 0 Å². The molecule has 0 radical (unpaired) electrons. The number of benzene rings is 2. The highest BCUT2D eigenvalue weighted by atomic mass is 35.5. The van der Waals surface area contributed by atoms with Gasteiger partial charge < -0.3 is 14.9 Å². The third-order valence-corrected chi connectivity index (χ3v) is 5.86. The number of likely N-dealkylation sites (tertiary alicyclic amines) is 1. The van der Waals surface area contributed by atoms with Crippen LogP contribution in [0, 0.1) is 0 Å². The van der Waals surface area contributed by atoms with Crippen molar-refractivity contribution in [3.8, 4) is 0 Å². The molecule has 1 N–H and O–H groups in total. The van der Waals surface area contributed by atoms with Crippen molar-refractivity contribution >= 4 is 40.7 Å². The van der Waals surface area contributed by atoms with Crippen LogP contribution in [-0.2, 0) is 9.59 Å². The molecule has 1 aliphatic rings. The van der Waals surface area contributed by atoms with E-state index in [0.717, 1.165) is 13.1 Å². The molecule has 158 valence electrons. The molecule has 1 atom stereocenters. The zero-order chi connectivity index (χ0) is 21.8. The summed E-state index contributed by atoms with van der Waals surface area (Å²) >= 11 is 12.1. The van der Waals surface area contributed by atoms with E-state index in [4.69, 9.17) is 23.2 Å². The maximum absolute atomic E-state index is 13.0. The summed E-state index contributed by atoms with van der Waals surface area (Å²) in [5.41, 5.74) is 1.16. The van der Waals surface area contributed by atoms with E-state index in [1.165, 1.54) is 4.90 Å². The molecule has 1 saturated heterocycles. The van der Waals surface area contributed by atoms with Crippen LogP contribution in [0.3, 0.4) is 0 Å². The van der Waals surface area contributed by atoms with E-state index < -0.39 is 17.7 Å². The second-order valence-corrected chi connectivity index (χ2v) is 7.95. The summed E-state index contributed by atoms with van der Waals surface area (Å²) in [6.45, 7) is 6.77. The molecule has 1 aliphatic heterocycles. The number of Topliss-reactive ketones (excluding diaryl/α,β-unsaturated/α-hetero) is 1. The van der Waals surface area contributed by atoms with Crippen LogP contribution in [0.4, 0.5) is 0 Å². The van der Waals surface area contributed by atoms with E-state index in [1.807, 2.05) is 13.8 Å². The first-order chi connectivity index (χ1) is 14.4. The van der Waals surface area contributed by atoms with Crippen LogP contribution in [0.1, 0.15) is 31.0 Å². The minimum atomic E-state index is -0.702. The number of carbonyl (C=O) groups is 2. The fourth-order valence-electron chi connectivity index (χ4n) is 3.68. The molecule has 0 spiro atoms. The van der Waals surface area contributed by atoms with Crippen LogP contribution < -0.4 is 0 Å². The topological polar surface area (TPSA) is 60.9 Å². The standard InChI is InChI=1S/C23H24Cl2N2O3/c1-3-26(4-2)12-13-27-20(15-8-10-17(24)11-9-15)19(22(29)23(27)30)21(28)16-6-5-7-18(25)14-16/h5-11,14,20,28H,3-4,12-13H2,1-2H3/b21-19-. The van der Waals surface area contributed by atoms with E-state index >= 15 is 0 Å². The van der Waals surface area contributed by atoms with Gasteiger partial charge in [0.15, 0.2) is 0 Å². The zero-order valence-electron chi connectivity index (χ0n) is 16.9. The Hall–Kier alpha value is -2.34. The molecule has 0 saturated carbocycles. The molecule has 1 heterocycles. The van der Waals surface area contributed by atoms with Crippen LogP contribution in [0.25, 0.3) is 5.76 Å². The number of likely N-dealkylation sites (N-methyl/N-ethyl adjacent to an activating group) is 1. The Morgan fingerprint density at radius 2 is 1.70 bits per heavy atom. The van der Waals surface area contributed by atoms with Crippen molar-refractivity contribution < 1.29 is 14.7 Å². The van der Waals surface area contributed by atoms with Crippen molar-refractivity contribution in [1.82, 2.24) is 9.80 Å². The smallest absolute Gasteiger partial charge is 0.295 e. The molecule has 3 rings (SSSR count). The predicted octanol–water partition coefficient (Wildman–Crippen LogP) is 4.76. The van der Waals surface area contributed by atoms with Crippen molar-refractivity contribution in [2.75, 3.05) is 26.2 Å². The Morgan fingerprint density at radius 3 is 2.30 bits per heavy atom. The van der Waals surface area contributed by atoms with Gasteiger partial charge in [-0.1, -0.05) is 61.3 Å². The number of aliphatic hydroxyl groups is 1. The van der Waals surface area contributed by atoms with E-state index in [2.05, 4.69) is 4.90 Å². The summed E-state index contributed by atoms with van der Waals surface area (Å²) in [5.74, 6) is -1.56. The number of halogens is 2. The molecule has 2 aromatic carbocycles. The highest BCUT2D eigenvalue weighted by Gasteiger charge is 2.45. The molecule has 5 nitrogen and oxygen atoms in total. The molecule has 7 heteroatoms. The third kappa shape index (κ3) is 4.53. The molecule has 1 unspecified atom stereocenters. The van der Waals surface area contributed by atoms with Gasteiger partial charge in [-0.25, -0.2) is 0 Å². The Labute approximate surface area is 186 Å². The summed E-state index contributed by atoms with van der Waals surface area (Å²) in [4.78, 5) is 29.6. The predicted molar refractivity (Wildman–Crippen MR) is 120 cm³/mol. The number of hydrogen-bond acceptors (Lipinski definition) is 4. The Kier molecular flexibility index (Phi) is 7.19. The first-order valence-corrected chi connectivity index (χ1v) is 10.6. The number of ketones is 1. The molecule has 1 amide bonds. The molecule has 0 aliphatic carbocycles. The minimum Gasteiger partial charge on any atom is -0.507 e. The number of nitrogens with zero attached hydrogens (tertiary/aromatic N) is 2. The number of hydrogen-bond donors (Lipinski definition) is 1. The SMILES string of the molecule is CCN(CC)CCN1C(=O)C(=O)/C(=C(\O)c2cccc(Cl)c2)C1c1ccc(Cl)cc1. The monoisotopic (exact) mass is 446 g/mol. The van der Waals surface area contributed by atoms with E-state index in [9.17, 15) is 14.7 Å². The number of carbonyl (C=O) groups excluding carboxylic acids is 2. The lowest BCUT2D eigenvalue weighted by atomic mass is 9.95. The molecular weight excluding hydrogens is 423 g/mol. The van der Waals surface area contributed by atoms with E-state index in [1.54, 1.807) is 48.5 Å². The van der Waals surface area contributed by atoms with Gasteiger partial charge in [0, 0.05) is 28.7 Å². The average Bonchev–Trinajstić information content (AvgIpc) is 2.99. The summed E-state index contributed by atoms with van der Waals surface area (Å²) in [7, 11) is 0. The second kappa shape index (κ2) is 9.65. The van der Waals surface area contributed by atoms with Gasteiger partial charge in [0.2, 0.25) is 0 Å². The Morgan fingerprint density at radius 1 is 1.03 bits per heavy atom. The van der Waals surface area contributed by atoms with Crippen molar-refractivity contribution in [2.45, 2.75) is 19.9 Å². The van der Waals surface area contributed by atoms with Gasteiger partial charge in [0.25, 0.3) is 11.7 Å². The first kappa shape index (κ1) is 22.3. The Bertz CT molecular complexity index is 969. The molecule has 1 fully saturated rings. The highest BCUT2D eigenvalue weighted by Crippen LogP contribution is 2.39. The number of amides is 1. The maximum Gasteiger partial charge on any atom is 0.295 e. The molecule has 0 aromatic heterocycles. The zero-order valence-corrected chi connectivity index (χ0v) is 18.5. The van der Waals surface area contributed by atoms with Gasteiger partial charge in [-0.15, -0.1) is 0 Å². The van der Waals surface area contributed by atoms with Crippen LogP contribution in [0.15, 0.2) is 54.1 Å². The van der Waals surface area contributed by atoms with Crippen molar-refractivity contribution in [3.05, 3.63) is 75.3 Å². The summed E-state index contributed by atoms with van der Waals surface area (Å²) in [6, 6.07) is 12.9. The molecule has 0 bridgehead atoms. The normalized spacial score (nSPS) is 18.4. The van der Waals surface area contributed by atoms with Crippen LogP contribution >= 0.6 is 23.2 Å². The van der Waals surface area contributed by atoms with Gasteiger partial charge in [-0.05, 0) is 42.9 Å². The quantitative estimate of drug-likeness (QED) is 0.378. The number of rotatable bonds is 7. The van der Waals surface area contributed by atoms with Gasteiger partial charge in [0.1, 0.15) is 5.76 Å². The summed E-state index contributed by atoms with van der Waals surface area (Å²) in [5, 5.41) is 12.0. The first-order valence-electron chi connectivity index (χ1n) is 9.89. The van der Waals surface area contributed by atoms with Gasteiger partial charge in [-0.3, -0.25) is 9.59 Å². The van der Waals surface area contributed by atoms with Gasteiger partial charge in [0.05, 0.1) is 11.6 Å². The lowest BCUT2D eigenvalue weighted by molar-refractivity contribution is -0.140. The highest BCUT2D eigenvalue weighted by molar-refractivity contribution is 6.46. The average molecular weight is 447 g/mol. The minimum absolute atomic E-state index is 0.0594.